The molecule has 2 atom stereocenters. The van der Waals surface area contributed by atoms with Gasteiger partial charge in [-0.25, -0.2) is 8.42 Å². The Balaban J connectivity index is 2.34. The van der Waals surface area contributed by atoms with Gasteiger partial charge in [0, 0.05) is 13.1 Å². The maximum Gasteiger partial charge on any atom is 0.243 e. The highest BCUT2D eigenvalue weighted by Gasteiger charge is 2.31. The van der Waals surface area contributed by atoms with Gasteiger partial charge < -0.3 is 9.90 Å². The first-order chi connectivity index (χ1) is 9.30. The molecule has 0 aromatic heterocycles. The molecule has 1 aromatic carbocycles. The topological polar surface area (TPSA) is 77.5 Å². The zero-order valence-corrected chi connectivity index (χ0v) is 12.4. The van der Waals surface area contributed by atoms with Gasteiger partial charge in [0.2, 0.25) is 10.0 Å². The molecule has 1 aromatic rings. The summed E-state index contributed by atoms with van der Waals surface area (Å²) in [4.78, 5) is 10.9. The predicted molar refractivity (Wildman–Crippen MR) is 72.5 cm³/mol. The predicted octanol–water partition coefficient (Wildman–Crippen LogP) is 0.717. The highest BCUT2D eigenvalue weighted by atomic mass is 32.2. The summed E-state index contributed by atoms with van der Waals surface area (Å²) in [6, 6.07) is 5.34. The lowest BCUT2D eigenvalue weighted by Gasteiger charge is -2.34. The molecule has 0 saturated carbocycles. The molecule has 5 nitrogen and oxygen atoms in total. The summed E-state index contributed by atoms with van der Waals surface area (Å²) in [6.07, 6.45) is 1.01. The van der Waals surface area contributed by atoms with Gasteiger partial charge in [0.25, 0.3) is 0 Å². The lowest BCUT2D eigenvalue weighted by atomic mass is 9.94. The second-order valence-corrected chi connectivity index (χ2v) is 7.52. The molecular formula is C14H18NO4S-. The van der Waals surface area contributed by atoms with Crippen LogP contribution in [-0.2, 0) is 10.0 Å². The maximum absolute atomic E-state index is 12.6. The first kappa shape index (κ1) is 15.0. The molecule has 0 amide bonds. The van der Waals surface area contributed by atoms with Gasteiger partial charge in [-0.2, -0.15) is 4.31 Å². The average molecular weight is 296 g/mol. The van der Waals surface area contributed by atoms with Crippen LogP contribution in [0.25, 0.3) is 0 Å². The standard InChI is InChI=1S/C14H19NO4S/c1-10-6-11(2)9-15(8-10)20(18,19)13-5-3-4-12(7-13)14(16)17/h3-5,7,10-11H,6,8-9H2,1-2H3,(H,16,17)/p-1. The SMILES string of the molecule is CC1CC(C)CN(S(=O)(=O)c2cccc(C(=O)[O-])c2)C1. The molecule has 1 aliphatic rings. The fourth-order valence-electron chi connectivity index (χ4n) is 2.73. The minimum Gasteiger partial charge on any atom is -0.545 e. The van der Waals surface area contributed by atoms with Crippen molar-refractivity contribution >= 4 is 16.0 Å². The van der Waals surface area contributed by atoms with Crippen LogP contribution in [0.5, 0.6) is 0 Å². The Labute approximate surface area is 119 Å². The normalized spacial score (nSPS) is 24.5. The van der Waals surface area contributed by atoms with Gasteiger partial charge in [-0.05, 0) is 36.0 Å². The number of aromatic carboxylic acids is 1. The van der Waals surface area contributed by atoms with E-state index < -0.39 is 16.0 Å². The van der Waals surface area contributed by atoms with Crippen LogP contribution in [-0.4, -0.2) is 31.8 Å². The molecule has 1 saturated heterocycles. The van der Waals surface area contributed by atoms with Crippen molar-refractivity contribution in [2.45, 2.75) is 25.2 Å². The molecule has 0 aliphatic carbocycles. The summed E-state index contributed by atoms with van der Waals surface area (Å²) >= 11 is 0. The van der Waals surface area contributed by atoms with E-state index in [2.05, 4.69) is 0 Å². The van der Waals surface area contributed by atoms with Gasteiger partial charge in [0.1, 0.15) is 0 Å². The Hall–Kier alpha value is -1.40. The highest BCUT2D eigenvalue weighted by Crippen LogP contribution is 2.26. The van der Waals surface area contributed by atoms with Crippen LogP contribution in [0.3, 0.4) is 0 Å². The molecule has 0 radical (unpaired) electrons. The van der Waals surface area contributed by atoms with E-state index in [9.17, 15) is 18.3 Å². The van der Waals surface area contributed by atoms with Crippen LogP contribution in [0, 0.1) is 11.8 Å². The number of nitrogens with zero attached hydrogens (tertiary/aromatic N) is 1. The van der Waals surface area contributed by atoms with Crippen LogP contribution in [0.1, 0.15) is 30.6 Å². The van der Waals surface area contributed by atoms with Gasteiger partial charge in [-0.1, -0.05) is 26.0 Å². The molecule has 110 valence electrons. The first-order valence-corrected chi connectivity index (χ1v) is 8.06. The smallest absolute Gasteiger partial charge is 0.243 e. The fourth-order valence-corrected chi connectivity index (χ4v) is 4.46. The minimum absolute atomic E-state index is 0.0144. The molecule has 0 bridgehead atoms. The van der Waals surface area contributed by atoms with Gasteiger partial charge in [0.15, 0.2) is 0 Å². The monoisotopic (exact) mass is 296 g/mol. The summed E-state index contributed by atoms with van der Waals surface area (Å²) in [6.45, 7) is 5.00. The van der Waals surface area contributed by atoms with E-state index in [4.69, 9.17) is 0 Å². The molecule has 20 heavy (non-hydrogen) atoms. The number of carboxylic acid groups (broad SMARTS) is 1. The molecular weight excluding hydrogens is 278 g/mol. The molecule has 2 unspecified atom stereocenters. The highest BCUT2D eigenvalue weighted by molar-refractivity contribution is 7.89. The Morgan fingerprint density at radius 2 is 1.85 bits per heavy atom. The van der Waals surface area contributed by atoms with Gasteiger partial charge in [-0.3, -0.25) is 0 Å². The third-order valence-electron chi connectivity index (χ3n) is 3.54. The van der Waals surface area contributed by atoms with Crippen molar-refractivity contribution in [1.82, 2.24) is 4.31 Å². The molecule has 1 fully saturated rings. The van der Waals surface area contributed by atoms with Crippen molar-refractivity contribution in [2.24, 2.45) is 11.8 Å². The van der Waals surface area contributed by atoms with Gasteiger partial charge in [0.05, 0.1) is 10.9 Å². The number of carboxylic acids is 1. The second-order valence-electron chi connectivity index (χ2n) is 5.58. The summed E-state index contributed by atoms with van der Waals surface area (Å²) in [5, 5.41) is 10.8. The molecule has 2 rings (SSSR count). The molecule has 6 heteroatoms. The van der Waals surface area contributed by atoms with E-state index in [1.54, 1.807) is 0 Å². The van der Waals surface area contributed by atoms with Crippen molar-refractivity contribution in [3.8, 4) is 0 Å². The molecule has 1 heterocycles. The fraction of sp³-hybridized carbons (Fsp3) is 0.500. The Kier molecular flexibility index (Phi) is 4.15. The van der Waals surface area contributed by atoms with Crippen molar-refractivity contribution in [1.29, 1.82) is 0 Å². The quantitative estimate of drug-likeness (QED) is 0.823. The summed E-state index contributed by atoms with van der Waals surface area (Å²) in [7, 11) is -3.64. The van der Waals surface area contributed by atoms with Crippen LogP contribution in [0.4, 0.5) is 0 Å². The van der Waals surface area contributed by atoms with E-state index in [-0.39, 0.29) is 10.5 Å². The number of hydrogen-bond donors (Lipinski definition) is 0. The van der Waals surface area contributed by atoms with E-state index >= 15 is 0 Å². The average Bonchev–Trinajstić information content (AvgIpc) is 2.37. The van der Waals surface area contributed by atoms with Gasteiger partial charge >= 0.3 is 0 Å². The number of carbonyl (C=O) groups is 1. The van der Waals surface area contributed by atoms with Crippen LogP contribution in [0.2, 0.25) is 0 Å². The summed E-state index contributed by atoms with van der Waals surface area (Å²) in [5.74, 6) is -0.766. The zero-order chi connectivity index (χ0) is 14.9. The number of rotatable bonds is 3. The van der Waals surface area contributed by atoms with E-state index in [0.29, 0.717) is 24.9 Å². The maximum atomic E-state index is 12.6. The van der Waals surface area contributed by atoms with Gasteiger partial charge in [-0.15, -0.1) is 0 Å². The van der Waals surface area contributed by atoms with Crippen molar-refractivity contribution in [3.05, 3.63) is 29.8 Å². The zero-order valence-electron chi connectivity index (χ0n) is 11.6. The molecule has 0 N–H and O–H groups in total. The van der Waals surface area contributed by atoms with Crippen molar-refractivity contribution < 1.29 is 18.3 Å². The summed E-state index contributed by atoms with van der Waals surface area (Å²) < 4.78 is 26.6. The largest absolute Gasteiger partial charge is 0.545 e. The van der Waals surface area contributed by atoms with E-state index in [1.165, 1.54) is 22.5 Å². The minimum atomic E-state index is -3.64. The Morgan fingerprint density at radius 1 is 1.25 bits per heavy atom. The molecule has 1 aliphatic heterocycles. The number of benzene rings is 1. The first-order valence-electron chi connectivity index (χ1n) is 6.62. The summed E-state index contributed by atoms with van der Waals surface area (Å²) in [5.41, 5.74) is -0.121. The van der Waals surface area contributed by atoms with Crippen molar-refractivity contribution in [3.63, 3.8) is 0 Å². The Morgan fingerprint density at radius 3 is 2.40 bits per heavy atom. The van der Waals surface area contributed by atoms with Crippen LogP contribution < -0.4 is 5.11 Å². The third kappa shape index (κ3) is 3.02. The third-order valence-corrected chi connectivity index (χ3v) is 5.37. The number of carbonyl (C=O) groups excluding carboxylic acids is 1. The Bertz CT molecular complexity index is 601. The number of piperidine rings is 1. The van der Waals surface area contributed by atoms with E-state index in [0.717, 1.165) is 12.5 Å². The lowest BCUT2D eigenvalue weighted by molar-refractivity contribution is -0.255. The lowest BCUT2D eigenvalue weighted by Crippen LogP contribution is -2.42. The number of hydrogen-bond acceptors (Lipinski definition) is 4. The second kappa shape index (κ2) is 5.54. The van der Waals surface area contributed by atoms with Crippen LogP contribution >= 0.6 is 0 Å². The van der Waals surface area contributed by atoms with Crippen molar-refractivity contribution in [2.75, 3.05) is 13.1 Å². The van der Waals surface area contributed by atoms with Crippen LogP contribution in [0.15, 0.2) is 29.2 Å². The molecule has 0 spiro atoms. The van der Waals surface area contributed by atoms with E-state index in [1.807, 2.05) is 13.8 Å². The number of sulfonamides is 1.